The van der Waals surface area contributed by atoms with Gasteiger partial charge in [-0.15, -0.1) is 0 Å². The van der Waals surface area contributed by atoms with Gasteiger partial charge in [-0.2, -0.15) is 0 Å². The van der Waals surface area contributed by atoms with Gasteiger partial charge in [0.15, 0.2) is 0 Å². The fourth-order valence-electron chi connectivity index (χ4n) is 0.958. The van der Waals surface area contributed by atoms with E-state index in [-0.39, 0.29) is 11.8 Å². The number of benzene rings is 1. The summed E-state index contributed by atoms with van der Waals surface area (Å²) in [6.45, 7) is 0. The minimum Gasteiger partial charge on any atom is -0.508 e. The number of hydrogen-bond acceptors (Lipinski definition) is 4. The Hall–Kier alpha value is -2.10. The van der Waals surface area contributed by atoms with Gasteiger partial charge in [-0.05, 0) is 30.3 Å². The second-order valence-electron chi connectivity index (χ2n) is 2.63. The highest BCUT2D eigenvalue weighted by molar-refractivity contribution is 5.31. The van der Waals surface area contributed by atoms with E-state index in [2.05, 4.69) is 9.97 Å². The molecular weight excluding hydrogens is 180 g/mol. The van der Waals surface area contributed by atoms with Gasteiger partial charge in [-0.25, -0.2) is 9.97 Å². The van der Waals surface area contributed by atoms with Crippen LogP contribution < -0.4 is 4.74 Å². The fourth-order valence-corrected chi connectivity index (χ4v) is 0.958. The molecular formula is C10H8N2O2. The number of phenols is 1. The van der Waals surface area contributed by atoms with Crippen molar-refractivity contribution in [1.82, 2.24) is 9.97 Å². The van der Waals surface area contributed by atoms with Gasteiger partial charge in [0.25, 0.3) is 0 Å². The minimum absolute atomic E-state index is 0.200. The molecule has 4 nitrogen and oxygen atoms in total. The van der Waals surface area contributed by atoms with Crippen molar-refractivity contribution >= 4 is 0 Å². The lowest BCUT2D eigenvalue weighted by Crippen LogP contribution is -1.89. The summed E-state index contributed by atoms with van der Waals surface area (Å²) in [5.74, 6) is 0.792. The van der Waals surface area contributed by atoms with E-state index in [9.17, 15) is 0 Å². The highest BCUT2D eigenvalue weighted by Crippen LogP contribution is 2.19. The number of aromatic hydroxyl groups is 1. The number of ether oxygens (including phenoxy) is 1. The van der Waals surface area contributed by atoms with Crippen molar-refractivity contribution in [3.8, 4) is 17.5 Å². The topological polar surface area (TPSA) is 55.2 Å². The van der Waals surface area contributed by atoms with E-state index in [0.717, 1.165) is 0 Å². The normalized spacial score (nSPS) is 9.71. The van der Waals surface area contributed by atoms with Crippen molar-refractivity contribution in [1.29, 1.82) is 0 Å². The molecule has 0 aliphatic heterocycles. The Bertz CT molecular complexity index is 400. The molecule has 0 unspecified atom stereocenters. The molecule has 14 heavy (non-hydrogen) atoms. The molecule has 1 aromatic heterocycles. The third kappa shape index (κ3) is 1.98. The molecule has 0 amide bonds. The average Bonchev–Trinajstić information content (AvgIpc) is 2.23. The maximum absolute atomic E-state index is 9.04. The standard InChI is InChI=1S/C10H8N2O2/c13-8-2-4-9(5-3-8)14-10-11-6-1-7-12-10/h1-7,13H. The van der Waals surface area contributed by atoms with Crippen LogP contribution in [0.5, 0.6) is 17.5 Å². The summed E-state index contributed by atoms with van der Waals surface area (Å²) >= 11 is 0. The summed E-state index contributed by atoms with van der Waals surface area (Å²) in [5.41, 5.74) is 0. The van der Waals surface area contributed by atoms with Gasteiger partial charge in [-0.1, -0.05) is 0 Å². The summed E-state index contributed by atoms with van der Waals surface area (Å²) in [6, 6.07) is 8.37. The Morgan fingerprint density at radius 1 is 1.00 bits per heavy atom. The maximum atomic E-state index is 9.04. The molecule has 1 N–H and O–H groups in total. The molecule has 70 valence electrons. The van der Waals surface area contributed by atoms with Crippen LogP contribution >= 0.6 is 0 Å². The van der Waals surface area contributed by atoms with Gasteiger partial charge in [0.05, 0.1) is 0 Å². The lowest BCUT2D eigenvalue weighted by molar-refractivity contribution is 0.437. The summed E-state index contributed by atoms with van der Waals surface area (Å²) in [7, 11) is 0. The number of rotatable bonds is 2. The van der Waals surface area contributed by atoms with Gasteiger partial charge in [0.2, 0.25) is 0 Å². The van der Waals surface area contributed by atoms with Gasteiger partial charge in [0, 0.05) is 12.4 Å². The van der Waals surface area contributed by atoms with Crippen LogP contribution in [0.2, 0.25) is 0 Å². The Balaban J connectivity index is 2.16. The first-order valence-electron chi connectivity index (χ1n) is 4.08. The summed E-state index contributed by atoms with van der Waals surface area (Å²) in [4.78, 5) is 7.80. The Morgan fingerprint density at radius 2 is 1.64 bits per heavy atom. The quantitative estimate of drug-likeness (QED) is 0.782. The van der Waals surface area contributed by atoms with E-state index in [4.69, 9.17) is 9.84 Å². The monoisotopic (exact) mass is 188 g/mol. The molecule has 0 saturated heterocycles. The van der Waals surface area contributed by atoms with Gasteiger partial charge < -0.3 is 9.84 Å². The molecule has 0 saturated carbocycles. The van der Waals surface area contributed by atoms with Crippen molar-refractivity contribution in [2.24, 2.45) is 0 Å². The maximum Gasteiger partial charge on any atom is 0.321 e. The molecule has 0 bridgehead atoms. The predicted octanol–water partition coefficient (Wildman–Crippen LogP) is 1.97. The summed E-state index contributed by atoms with van der Waals surface area (Å²) < 4.78 is 5.30. The fraction of sp³-hybridized carbons (Fsp3) is 0. The molecule has 2 rings (SSSR count). The predicted molar refractivity (Wildman–Crippen MR) is 50.2 cm³/mol. The molecule has 1 heterocycles. The summed E-state index contributed by atoms with van der Waals surface area (Å²) in [6.07, 6.45) is 3.20. The summed E-state index contributed by atoms with van der Waals surface area (Å²) in [5, 5.41) is 9.04. The second-order valence-corrected chi connectivity index (χ2v) is 2.63. The first kappa shape index (κ1) is 8.50. The van der Waals surface area contributed by atoms with Crippen molar-refractivity contribution in [3.63, 3.8) is 0 Å². The van der Waals surface area contributed by atoms with Crippen molar-refractivity contribution in [2.75, 3.05) is 0 Å². The second kappa shape index (κ2) is 3.74. The third-order valence-corrected chi connectivity index (χ3v) is 1.59. The van der Waals surface area contributed by atoms with Crippen LogP contribution in [0.1, 0.15) is 0 Å². The van der Waals surface area contributed by atoms with Crippen LogP contribution in [0, 0.1) is 0 Å². The Kier molecular flexibility index (Phi) is 2.27. The first-order valence-corrected chi connectivity index (χ1v) is 4.08. The molecule has 2 aromatic rings. The van der Waals surface area contributed by atoms with Crippen molar-refractivity contribution in [3.05, 3.63) is 42.7 Å². The number of aromatic nitrogens is 2. The molecule has 0 atom stereocenters. The van der Waals surface area contributed by atoms with Gasteiger partial charge in [-0.3, -0.25) is 0 Å². The Morgan fingerprint density at radius 3 is 2.29 bits per heavy atom. The number of nitrogens with zero attached hydrogens (tertiary/aromatic N) is 2. The van der Waals surface area contributed by atoms with E-state index in [1.165, 1.54) is 12.1 Å². The smallest absolute Gasteiger partial charge is 0.321 e. The van der Waals surface area contributed by atoms with Crippen LogP contribution in [0.25, 0.3) is 0 Å². The van der Waals surface area contributed by atoms with E-state index in [1.54, 1.807) is 30.6 Å². The minimum atomic E-state index is 0.200. The van der Waals surface area contributed by atoms with Crippen LogP contribution in [-0.2, 0) is 0 Å². The zero-order chi connectivity index (χ0) is 9.80. The van der Waals surface area contributed by atoms with Crippen molar-refractivity contribution in [2.45, 2.75) is 0 Å². The lowest BCUT2D eigenvalue weighted by Gasteiger charge is -2.01. The van der Waals surface area contributed by atoms with Gasteiger partial charge >= 0.3 is 6.01 Å². The molecule has 0 spiro atoms. The highest BCUT2D eigenvalue weighted by atomic mass is 16.5. The van der Waals surface area contributed by atoms with Crippen LogP contribution in [0.3, 0.4) is 0 Å². The molecule has 0 aliphatic carbocycles. The van der Waals surface area contributed by atoms with Crippen LogP contribution in [0.15, 0.2) is 42.7 Å². The number of phenolic OH excluding ortho intramolecular Hbond substituents is 1. The Labute approximate surface area is 80.8 Å². The SMILES string of the molecule is Oc1ccc(Oc2ncccn2)cc1. The molecule has 4 heteroatoms. The first-order chi connectivity index (χ1) is 6.84. The van der Waals surface area contributed by atoms with Gasteiger partial charge in [0.1, 0.15) is 11.5 Å². The average molecular weight is 188 g/mol. The van der Waals surface area contributed by atoms with E-state index in [1.807, 2.05) is 0 Å². The zero-order valence-electron chi connectivity index (χ0n) is 7.29. The lowest BCUT2D eigenvalue weighted by atomic mass is 10.3. The third-order valence-electron chi connectivity index (χ3n) is 1.59. The van der Waals surface area contributed by atoms with E-state index < -0.39 is 0 Å². The van der Waals surface area contributed by atoms with Crippen LogP contribution in [-0.4, -0.2) is 15.1 Å². The highest BCUT2D eigenvalue weighted by Gasteiger charge is 1.97. The van der Waals surface area contributed by atoms with E-state index >= 15 is 0 Å². The molecule has 0 aliphatic rings. The number of hydrogen-bond donors (Lipinski definition) is 1. The van der Waals surface area contributed by atoms with E-state index in [0.29, 0.717) is 5.75 Å². The van der Waals surface area contributed by atoms with Crippen molar-refractivity contribution < 1.29 is 9.84 Å². The molecule has 0 fully saturated rings. The van der Waals surface area contributed by atoms with Crippen LogP contribution in [0.4, 0.5) is 0 Å². The largest absolute Gasteiger partial charge is 0.508 e. The zero-order valence-corrected chi connectivity index (χ0v) is 7.29. The molecule has 0 radical (unpaired) electrons. The molecule has 1 aromatic carbocycles.